The van der Waals surface area contributed by atoms with Gasteiger partial charge in [-0.05, 0) is 57.5 Å². The lowest BCUT2D eigenvalue weighted by molar-refractivity contribution is -0.129. The number of hydrogen-bond acceptors (Lipinski definition) is 3. The summed E-state index contributed by atoms with van der Waals surface area (Å²) in [5, 5.41) is 0. The second-order valence-electron chi connectivity index (χ2n) is 6.18. The van der Waals surface area contributed by atoms with Gasteiger partial charge in [0.15, 0.2) is 17.3 Å². The van der Waals surface area contributed by atoms with E-state index in [1.165, 1.54) is 19.6 Å². The lowest BCUT2D eigenvalue weighted by atomic mass is 9.90. The number of halogens is 1. The Morgan fingerprint density at radius 3 is 2.52 bits per heavy atom. The van der Waals surface area contributed by atoms with Crippen molar-refractivity contribution in [2.45, 2.75) is 45.1 Å². The van der Waals surface area contributed by atoms with Gasteiger partial charge in [0.1, 0.15) is 0 Å². The molecule has 1 aromatic carbocycles. The molecule has 0 amide bonds. The Morgan fingerprint density at radius 1 is 1.29 bits per heavy atom. The minimum atomic E-state index is -0.489. The van der Waals surface area contributed by atoms with Crippen molar-refractivity contribution >= 4 is 5.78 Å². The van der Waals surface area contributed by atoms with Crippen LogP contribution < -0.4 is 4.74 Å². The lowest BCUT2D eigenvalue weighted by Gasteiger charge is -2.39. The van der Waals surface area contributed by atoms with Crippen molar-refractivity contribution in [1.29, 1.82) is 0 Å². The van der Waals surface area contributed by atoms with Gasteiger partial charge in [-0.25, -0.2) is 4.39 Å². The summed E-state index contributed by atoms with van der Waals surface area (Å²) < 4.78 is 18.6. The Hall–Kier alpha value is -1.42. The smallest absolute Gasteiger partial charge is 0.165 e. The molecule has 0 N–H and O–H groups in total. The summed E-state index contributed by atoms with van der Waals surface area (Å²) >= 11 is 0. The minimum absolute atomic E-state index is 0.133. The molecule has 0 aliphatic carbocycles. The first-order valence-corrected chi connectivity index (χ1v) is 7.56. The van der Waals surface area contributed by atoms with Crippen molar-refractivity contribution in [2.24, 2.45) is 0 Å². The fourth-order valence-corrected chi connectivity index (χ4v) is 2.85. The largest absolute Gasteiger partial charge is 0.494 e. The highest BCUT2D eigenvalue weighted by Crippen LogP contribution is 2.24. The lowest BCUT2D eigenvalue weighted by Crippen LogP contribution is -2.52. The van der Waals surface area contributed by atoms with Crippen molar-refractivity contribution in [3.8, 4) is 5.75 Å². The summed E-state index contributed by atoms with van der Waals surface area (Å²) in [7, 11) is 1.43. The van der Waals surface area contributed by atoms with Crippen LogP contribution >= 0.6 is 0 Å². The van der Waals surface area contributed by atoms with Crippen molar-refractivity contribution in [1.82, 2.24) is 4.90 Å². The van der Waals surface area contributed by atoms with Crippen LogP contribution in [-0.2, 0) is 11.2 Å². The van der Waals surface area contributed by atoms with E-state index < -0.39 is 11.4 Å². The third-order valence-corrected chi connectivity index (χ3v) is 4.41. The molecule has 0 bridgehead atoms. The number of hydrogen-bond donors (Lipinski definition) is 0. The zero-order valence-electron chi connectivity index (χ0n) is 13.1. The molecule has 0 aromatic heterocycles. The molecule has 1 saturated heterocycles. The Labute approximate surface area is 126 Å². The van der Waals surface area contributed by atoms with E-state index in [0.717, 1.165) is 25.9 Å². The standard InChI is InChI=1S/C17H24FNO2/c1-17(2,19-9-5-4-6-10-19)16(20)12-13-7-8-15(21-3)14(18)11-13/h7-8,11H,4-6,9-10,12H2,1-3H3. The van der Waals surface area contributed by atoms with E-state index in [4.69, 9.17) is 4.74 Å². The van der Waals surface area contributed by atoms with Crippen LogP contribution in [0.1, 0.15) is 38.7 Å². The maximum Gasteiger partial charge on any atom is 0.165 e. The summed E-state index contributed by atoms with van der Waals surface area (Å²) in [4.78, 5) is 14.9. The van der Waals surface area contributed by atoms with E-state index in [2.05, 4.69) is 4.90 Å². The van der Waals surface area contributed by atoms with Gasteiger partial charge in [0.05, 0.1) is 12.6 Å². The van der Waals surface area contributed by atoms with Crippen LogP contribution in [0.3, 0.4) is 0 Å². The van der Waals surface area contributed by atoms with Gasteiger partial charge in [0.25, 0.3) is 0 Å². The second kappa shape index (κ2) is 6.56. The third kappa shape index (κ3) is 3.62. The van der Waals surface area contributed by atoms with E-state index in [-0.39, 0.29) is 18.0 Å². The van der Waals surface area contributed by atoms with Gasteiger partial charge in [-0.15, -0.1) is 0 Å². The number of rotatable bonds is 5. The van der Waals surface area contributed by atoms with Crippen LogP contribution in [0.15, 0.2) is 18.2 Å². The van der Waals surface area contributed by atoms with Crippen LogP contribution in [-0.4, -0.2) is 36.4 Å². The molecule has 0 atom stereocenters. The average molecular weight is 293 g/mol. The van der Waals surface area contributed by atoms with Crippen molar-refractivity contribution in [3.05, 3.63) is 29.6 Å². The summed E-state index contributed by atoms with van der Waals surface area (Å²) in [6, 6.07) is 4.72. The number of piperidine rings is 1. The van der Waals surface area contributed by atoms with Gasteiger partial charge in [-0.2, -0.15) is 0 Å². The van der Waals surface area contributed by atoms with Gasteiger partial charge in [-0.3, -0.25) is 9.69 Å². The number of carbonyl (C=O) groups is 1. The molecule has 1 fully saturated rings. The highest BCUT2D eigenvalue weighted by molar-refractivity contribution is 5.89. The second-order valence-corrected chi connectivity index (χ2v) is 6.18. The Kier molecular flexibility index (Phi) is 4.99. The Balaban J connectivity index is 2.07. The molecule has 1 aromatic rings. The fourth-order valence-electron chi connectivity index (χ4n) is 2.85. The number of carbonyl (C=O) groups excluding carboxylic acids is 1. The van der Waals surface area contributed by atoms with Crippen LogP contribution in [0.2, 0.25) is 0 Å². The summed E-state index contributed by atoms with van der Waals surface area (Å²) in [6.07, 6.45) is 3.79. The highest BCUT2D eigenvalue weighted by Gasteiger charge is 2.34. The predicted octanol–water partition coefficient (Wildman–Crippen LogP) is 3.21. The SMILES string of the molecule is COc1ccc(CC(=O)C(C)(C)N2CCCCC2)cc1F. The summed E-state index contributed by atoms with van der Waals surface area (Å²) in [5.74, 6) is -0.0750. The molecule has 0 spiro atoms. The molecule has 1 aliphatic heterocycles. The maximum absolute atomic E-state index is 13.7. The molecular weight excluding hydrogens is 269 g/mol. The number of Topliss-reactive ketones (excluding diaryl/α,β-unsaturated/α-hetero) is 1. The van der Waals surface area contributed by atoms with E-state index in [0.29, 0.717) is 5.56 Å². The molecule has 2 rings (SSSR count). The van der Waals surface area contributed by atoms with Crippen molar-refractivity contribution in [3.63, 3.8) is 0 Å². The van der Waals surface area contributed by atoms with Gasteiger partial charge in [0.2, 0.25) is 0 Å². The summed E-state index contributed by atoms with van der Waals surface area (Å²) in [6.45, 7) is 5.88. The molecule has 116 valence electrons. The van der Waals surface area contributed by atoms with E-state index in [1.807, 2.05) is 13.8 Å². The molecule has 0 radical (unpaired) electrons. The van der Waals surface area contributed by atoms with Crippen molar-refractivity contribution < 1.29 is 13.9 Å². The number of nitrogens with zero attached hydrogens (tertiary/aromatic N) is 1. The molecular formula is C17H24FNO2. The molecule has 1 aliphatic rings. The van der Waals surface area contributed by atoms with Crippen LogP contribution in [0, 0.1) is 5.82 Å². The molecule has 1 heterocycles. The fraction of sp³-hybridized carbons (Fsp3) is 0.588. The van der Waals surface area contributed by atoms with Crippen LogP contribution in [0.5, 0.6) is 5.75 Å². The third-order valence-electron chi connectivity index (χ3n) is 4.41. The zero-order chi connectivity index (χ0) is 15.5. The molecule has 3 nitrogen and oxygen atoms in total. The number of ketones is 1. The summed E-state index contributed by atoms with van der Waals surface area (Å²) in [5.41, 5.74) is 0.208. The maximum atomic E-state index is 13.7. The first-order valence-electron chi connectivity index (χ1n) is 7.56. The number of ether oxygens (including phenoxy) is 1. The monoisotopic (exact) mass is 293 g/mol. The average Bonchev–Trinajstić information content (AvgIpc) is 2.48. The normalized spacial score (nSPS) is 16.8. The molecule has 0 saturated carbocycles. The van der Waals surface area contributed by atoms with E-state index in [9.17, 15) is 9.18 Å². The molecule has 21 heavy (non-hydrogen) atoms. The Bertz CT molecular complexity index is 508. The van der Waals surface area contributed by atoms with Gasteiger partial charge in [-0.1, -0.05) is 12.5 Å². The first kappa shape index (κ1) is 16.0. The van der Waals surface area contributed by atoms with E-state index in [1.54, 1.807) is 12.1 Å². The Morgan fingerprint density at radius 2 is 1.95 bits per heavy atom. The first-order chi connectivity index (χ1) is 9.95. The number of benzene rings is 1. The minimum Gasteiger partial charge on any atom is -0.494 e. The van der Waals surface area contributed by atoms with Gasteiger partial charge in [0, 0.05) is 6.42 Å². The highest BCUT2D eigenvalue weighted by atomic mass is 19.1. The quantitative estimate of drug-likeness (QED) is 0.835. The number of likely N-dealkylation sites (tertiary alicyclic amines) is 1. The predicted molar refractivity (Wildman–Crippen MR) is 81.2 cm³/mol. The number of methoxy groups -OCH3 is 1. The van der Waals surface area contributed by atoms with Gasteiger partial charge >= 0.3 is 0 Å². The van der Waals surface area contributed by atoms with Crippen LogP contribution in [0.4, 0.5) is 4.39 Å². The van der Waals surface area contributed by atoms with Gasteiger partial charge < -0.3 is 4.74 Å². The topological polar surface area (TPSA) is 29.5 Å². The van der Waals surface area contributed by atoms with E-state index >= 15 is 0 Å². The van der Waals surface area contributed by atoms with Crippen molar-refractivity contribution in [2.75, 3.05) is 20.2 Å². The molecule has 4 heteroatoms. The van der Waals surface area contributed by atoms with Crippen LogP contribution in [0.25, 0.3) is 0 Å². The molecule has 0 unspecified atom stereocenters. The zero-order valence-corrected chi connectivity index (χ0v) is 13.1.